The van der Waals surface area contributed by atoms with Crippen molar-refractivity contribution in [1.82, 2.24) is 0 Å². The maximum atomic E-state index is 10.5. The highest BCUT2D eigenvalue weighted by atomic mass is 35.5. The summed E-state index contributed by atoms with van der Waals surface area (Å²) in [4.78, 5) is 10.5. The first-order chi connectivity index (χ1) is 7.00. The van der Waals surface area contributed by atoms with Gasteiger partial charge in [-0.1, -0.05) is 24.3 Å². The molecule has 0 saturated heterocycles. The Hall–Kier alpha value is -1.30. The van der Waals surface area contributed by atoms with Gasteiger partial charge in [-0.25, -0.2) is 0 Å². The molecule has 5 nitrogen and oxygen atoms in total. The molecule has 0 aromatic heterocycles. The van der Waals surface area contributed by atoms with E-state index in [0.717, 1.165) is 5.56 Å². The molecule has 17 heavy (non-hydrogen) atoms. The Balaban J connectivity index is 0. The molecular weight excluding hydrogens is 265 g/mol. The fourth-order valence-electron chi connectivity index (χ4n) is 1.16. The maximum absolute atomic E-state index is 10.5. The number of benzene rings is 1. The van der Waals surface area contributed by atoms with Gasteiger partial charge in [0.15, 0.2) is 0 Å². The first kappa shape index (κ1) is 18.1. The second-order valence-electron chi connectivity index (χ2n) is 3.26. The van der Waals surface area contributed by atoms with E-state index in [4.69, 9.17) is 22.0 Å². The Morgan fingerprint density at radius 2 is 1.76 bits per heavy atom. The number of nitrogens with two attached hydrogens (primary N) is 2. The van der Waals surface area contributed by atoms with Gasteiger partial charge in [-0.05, 0) is 12.0 Å². The van der Waals surface area contributed by atoms with Crippen LogP contribution in [0.5, 0.6) is 0 Å². The summed E-state index contributed by atoms with van der Waals surface area (Å²) in [5.41, 5.74) is 12.1. The first-order valence-corrected chi connectivity index (χ1v) is 4.42. The van der Waals surface area contributed by atoms with E-state index in [1.54, 1.807) is 24.3 Å². The van der Waals surface area contributed by atoms with E-state index in [-0.39, 0.29) is 37.1 Å². The minimum absolute atomic E-state index is 0. The summed E-state index contributed by atoms with van der Waals surface area (Å²) in [6, 6.07) is 5.89. The molecule has 0 amide bonds. The molecule has 0 aliphatic heterocycles. The van der Waals surface area contributed by atoms with Crippen molar-refractivity contribution in [2.75, 3.05) is 0 Å². The summed E-state index contributed by atoms with van der Waals surface area (Å²) in [5.74, 6) is -1.03. The highest BCUT2D eigenvalue weighted by molar-refractivity contribution is 5.94. The SMILES string of the molecule is Cl.Cl.N=C(N)c1ccc(C[C@H](N)C(=O)O)cc1. The molecule has 1 rings (SSSR count). The lowest BCUT2D eigenvalue weighted by Crippen LogP contribution is -2.32. The van der Waals surface area contributed by atoms with E-state index in [0.29, 0.717) is 5.56 Å². The number of nitrogens with one attached hydrogen (secondary N) is 1. The van der Waals surface area contributed by atoms with Crippen molar-refractivity contribution in [1.29, 1.82) is 5.41 Å². The Morgan fingerprint density at radius 3 is 2.12 bits per heavy atom. The molecule has 7 heteroatoms. The van der Waals surface area contributed by atoms with Gasteiger partial charge in [0.25, 0.3) is 0 Å². The summed E-state index contributed by atoms with van der Waals surface area (Å²) < 4.78 is 0. The summed E-state index contributed by atoms with van der Waals surface area (Å²) in [6.07, 6.45) is 0.271. The van der Waals surface area contributed by atoms with Crippen LogP contribution in [0.3, 0.4) is 0 Å². The lowest BCUT2D eigenvalue weighted by Gasteiger charge is -2.06. The predicted molar refractivity (Wildman–Crippen MR) is 71.3 cm³/mol. The number of aliphatic carboxylic acids is 1. The van der Waals surface area contributed by atoms with Crippen LogP contribution in [0.25, 0.3) is 0 Å². The van der Waals surface area contributed by atoms with E-state index < -0.39 is 12.0 Å². The molecule has 1 atom stereocenters. The molecule has 0 bridgehead atoms. The number of carboxylic acids is 1. The molecule has 0 aliphatic carbocycles. The average Bonchev–Trinajstić information content (AvgIpc) is 2.18. The van der Waals surface area contributed by atoms with Gasteiger partial charge in [-0.2, -0.15) is 0 Å². The minimum Gasteiger partial charge on any atom is -0.480 e. The summed E-state index contributed by atoms with van der Waals surface area (Å²) >= 11 is 0. The Labute approximate surface area is 112 Å². The van der Waals surface area contributed by atoms with Gasteiger partial charge in [0.2, 0.25) is 0 Å². The third-order valence-electron chi connectivity index (χ3n) is 2.04. The number of nitrogen functional groups attached to an aromatic ring is 1. The van der Waals surface area contributed by atoms with E-state index in [1.165, 1.54) is 0 Å². The third-order valence-corrected chi connectivity index (χ3v) is 2.04. The quantitative estimate of drug-likeness (QED) is 0.482. The molecule has 0 heterocycles. The van der Waals surface area contributed by atoms with Crippen LogP contribution >= 0.6 is 24.8 Å². The molecule has 0 saturated carbocycles. The van der Waals surface area contributed by atoms with Gasteiger partial charge in [-0.15, -0.1) is 24.8 Å². The smallest absolute Gasteiger partial charge is 0.320 e. The van der Waals surface area contributed by atoms with Crippen LogP contribution in [0.1, 0.15) is 11.1 Å². The van der Waals surface area contributed by atoms with Crippen molar-refractivity contribution in [2.45, 2.75) is 12.5 Å². The highest BCUT2D eigenvalue weighted by Gasteiger charge is 2.11. The number of rotatable bonds is 4. The Morgan fingerprint density at radius 1 is 1.29 bits per heavy atom. The lowest BCUT2D eigenvalue weighted by atomic mass is 10.0. The van der Waals surface area contributed by atoms with E-state index in [2.05, 4.69) is 0 Å². The predicted octanol–water partition coefficient (Wildman–Crippen LogP) is 0.769. The maximum Gasteiger partial charge on any atom is 0.320 e. The van der Waals surface area contributed by atoms with Gasteiger partial charge >= 0.3 is 5.97 Å². The topological polar surface area (TPSA) is 113 Å². The number of amidine groups is 1. The summed E-state index contributed by atoms with van der Waals surface area (Å²) in [7, 11) is 0. The van der Waals surface area contributed by atoms with Crippen molar-refractivity contribution in [3.8, 4) is 0 Å². The van der Waals surface area contributed by atoms with Gasteiger partial charge in [-0.3, -0.25) is 10.2 Å². The second-order valence-corrected chi connectivity index (χ2v) is 3.26. The molecule has 1 aromatic rings. The molecule has 6 N–H and O–H groups in total. The normalized spacial score (nSPS) is 10.6. The summed E-state index contributed by atoms with van der Waals surface area (Å²) in [6.45, 7) is 0. The number of halogens is 2. The zero-order chi connectivity index (χ0) is 11.4. The van der Waals surface area contributed by atoms with Gasteiger partial charge < -0.3 is 16.6 Å². The summed E-state index contributed by atoms with van der Waals surface area (Å²) in [5, 5.41) is 15.8. The third kappa shape index (κ3) is 5.53. The highest BCUT2D eigenvalue weighted by Crippen LogP contribution is 2.06. The lowest BCUT2D eigenvalue weighted by molar-refractivity contribution is -0.138. The monoisotopic (exact) mass is 279 g/mol. The van der Waals surface area contributed by atoms with Crippen LogP contribution in [0.15, 0.2) is 24.3 Å². The Bertz CT molecular complexity index is 382. The van der Waals surface area contributed by atoms with Crippen molar-refractivity contribution >= 4 is 36.6 Å². The molecule has 0 spiro atoms. The average molecular weight is 280 g/mol. The van der Waals surface area contributed by atoms with Crippen LogP contribution in [-0.4, -0.2) is 23.0 Å². The van der Waals surface area contributed by atoms with Crippen molar-refractivity contribution < 1.29 is 9.90 Å². The minimum atomic E-state index is -1.02. The molecule has 0 aliphatic rings. The van der Waals surface area contributed by atoms with Crippen molar-refractivity contribution in [2.24, 2.45) is 11.5 Å². The molecule has 96 valence electrons. The van der Waals surface area contributed by atoms with Crippen molar-refractivity contribution in [3.05, 3.63) is 35.4 Å². The fourth-order valence-corrected chi connectivity index (χ4v) is 1.16. The molecular formula is C10H15Cl2N3O2. The van der Waals surface area contributed by atoms with Gasteiger partial charge in [0, 0.05) is 5.56 Å². The molecule has 0 fully saturated rings. The fraction of sp³-hybridized carbons (Fsp3) is 0.200. The van der Waals surface area contributed by atoms with Crippen LogP contribution < -0.4 is 11.5 Å². The number of carboxylic acid groups (broad SMARTS) is 1. The number of hydrogen-bond acceptors (Lipinski definition) is 3. The molecule has 1 aromatic carbocycles. The van der Waals surface area contributed by atoms with Crippen LogP contribution in [0.4, 0.5) is 0 Å². The molecule has 0 unspecified atom stereocenters. The van der Waals surface area contributed by atoms with Crippen molar-refractivity contribution in [3.63, 3.8) is 0 Å². The van der Waals surface area contributed by atoms with E-state index in [9.17, 15) is 4.79 Å². The van der Waals surface area contributed by atoms with Crippen LogP contribution in [0.2, 0.25) is 0 Å². The van der Waals surface area contributed by atoms with E-state index >= 15 is 0 Å². The van der Waals surface area contributed by atoms with Gasteiger partial charge in [0.05, 0.1) is 0 Å². The Kier molecular flexibility index (Phi) is 8.39. The second kappa shape index (κ2) is 7.89. The number of hydrogen-bond donors (Lipinski definition) is 4. The van der Waals surface area contributed by atoms with Crippen LogP contribution in [0, 0.1) is 5.41 Å². The largest absolute Gasteiger partial charge is 0.480 e. The van der Waals surface area contributed by atoms with Gasteiger partial charge in [0.1, 0.15) is 11.9 Å². The van der Waals surface area contributed by atoms with E-state index in [1.807, 2.05) is 0 Å². The molecule has 0 radical (unpaired) electrons. The number of carbonyl (C=O) groups is 1. The standard InChI is InChI=1S/C10H13N3O2.2ClH/c11-8(10(14)15)5-6-1-3-7(4-2-6)9(12)13;;/h1-4,8H,5,11H2,(H3,12,13)(H,14,15);2*1H/t8-;;/m0../s1. The zero-order valence-corrected chi connectivity index (χ0v) is 10.6. The van der Waals surface area contributed by atoms with Crippen LogP contribution in [-0.2, 0) is 11.2 Å². The first-order valence-electron chi connectivity index (χ1n) is 4.42. The zero-order valence-electron chi connectivity index (χ0n) is 8.92.